The van der Waals surface area contributed by atoms with E-state index >= 15 is 0 Å². The Morgan fingerprint density at radius 2 is 1.89 bits per heavy atom. The van der Waals surface area contributed by atoms with Gasteiger partial charge in [0, 0.05) is 11.3 Å². The van der Waals surface area contributed by atoms with Gasteiger partial charge in [0.15, 0.2) is 5.82 Å². The molecule has 0 saturated heterocycles. The number of rotatable bonds is 9. The van der Waals surface area contributed by atoms with Crippen LogP contribution < -0.4 is 15.4 Å². The van der Waals surface area contributed by atoms with Crippen LogP contribution in [0.3, 0.4) is 0 Å². The number of anilines is 2. The van der Waals surface area contributed by atoms with Gasteiger partial charge in [0.05, 0.1) is 23.7 Å². The van der Waals surface area contributed by atoms with Crippen LogP contribution in [0.1, 0.15) is 48.7 Å². The fraction of sp³-hybridized carbons (Fsp3) is 0.214. The maximum atomic E-state index is 13.0. The van der Waals surface area contributed by atoms with E-state index in [-0.39, 0.29) is 11.9 Å². The first-order chi connectivity index (χ1) is 17.6. The highest BCUT2D eigenvalue weighted by Gasteiger charge is 2.14. The molecule has 1 unspecified atom stereocenters. The maximum Gasteiger partial charge on any atom is 0.251 e. The summed E-state index contributed by atoms with van der Waals surface area (Å²) in [6, 6.07) is 22.8. The SMILES string of the molecule is CCCCOc1ccc(C(C)NC(=O)c2cccc(Nc3nc4ccccc4n4cnnc34)c2)cc1. The zero-order valence-corrected chi connectivity index (χ0v) is 20.3. The molecule has 8 heteroatoms. The van der Waals surface area contributed by atoms with Crippen molar-refractivity contribution in [3.8, 4) is 5.75 Å². The molecule has 2 aromatic heterocycles. The van der Waals surface area contributed by atoms with E-state index < -0.39 is 0 Å². The normalized spacial score (nSPS) is 11.9. The first kappa shape index (κ1) is 23.3. The van der Waals surface area contributed by atoms with Crippen LogP contribution in [-0.4, -0.2) is 32.1 Å². The van der Waals surface area contributed by atoms with Crippen LogP contribution in [0.5, 0.6) is 5.75 Å². The Labute approximate surface area is 209 Å². The molecule has 0 aliphatic heterocycles. The summed E-state index contributed by atoms with van der Waals surface area (Å²) in [5.74, 6) is 1.25. The molecule has 0 spiro atoms. The lowest BCUT2D eigenvalue weighted by atomic mass is 10.1. The van der Waals surface area contributed by atoms with Crippen LogP contribution in [0.25, 0.3) is 16.7 Å². The van der Waals surface area contributed by atoms with Crippen molar-refractivity contribution >= 4 is 34.1 Å². The van der Waals surface area contributed by atoms with Gasteiger partial charge in [-0.3, -0.25) is 9.20 Å². The largest absolute Gasteiger partial charge is 0.494 e. The Hall–Kier alpha value is -4.46. The second kappa shape index (κ2) is 10.4. The van der Waals surface area contributed by atoms with Gasteiger partial charge in [-0.2, -0.15) is 0 Å². The Morgan fingerprint density at radius 1 is 1.06 bits per heavy atom. The molecule has 1 atom stereocenters. The number of ether oxygens (including phenoxy) is 1. The number of para-hydroxylation sites is 2. The number of aromatic nitrogens is 4. The molecule has 8 nitrogen and oxygen atoms in total. The van der Waals surface area contributed by atoms with Gasteiger partial charge in [-0.25, -0.2) is 4.98 Å². The minimum Gasteiger partial charge on any atom is -0.494 e. The van der Waals surface area contributed by atoms with Gasteiger partial charge >= 0.3 is 0 Å². The Kier molecular flexibility index (Phi) is 6.75. The van der Waals surface area contributed by atoms with Crippen molar-refractivity contribution < 1.29 is 9.53 Å². The lowest BCUT2D eigenvalue weighted by molar-refractivity contribution is 0.0940. The van der Waals surface area contributed by atoms with Gasteiger partial charge in [-0.1, -0.05) is 43.7 Å². The van der Waals surface area contributed by atoms with Gasteiger partial charge in [0.25, 0.3) is 5.91 Å². The van der Waals surface area contributed by atoms with Crippen molar-refractivity contribution in [3.05, 3.63) is 90.3 Å². The molecular formula is C28H28N6O2. The molecule has 0 radical (unpaired) electrons. The van der Waals surface area contributed by atoms with E-state index in [2.05, 4.69) is 27.8 Å². The number of fused-ring (bicyclic) bond motifs is 3. The monoisotopic (exact) mass is 480 g/mol. The number of benzene rings is 3. The van der Waals surface area contributed by atoms with E-state index in [1.165, 1.54) is 0 Å². The molecule has 182 valence electrons. The molecule has 5 rings (SSSR count). The highest BCUT2D eigenvalue weighted by Crippen LogP contribution is 2.24. The highest BCUT2D eigenvalue weighted by atomic mass is 16.5. The number of nitrogens with zero attached hydrogens (tertiary/aromatic N) is 4. The van der Waals surface area contributed by atoms with E-state index in [0.29, 0.717) is 23.6 Å². The number of nitrogens with one attached hydrogen (secondary N) is 2. The Bertz CT molecular complexity index is 1500. The molecule has 36 heavy (non-hydrogen) atoms. The number of hydrogen-bond donors (Lipinski definition) is 2. The average molecular weight is 481 g/mol. The molecule has 5 aromatic rings. The quantitative estimate of drug-likeness (QED) is 0.263. The summed E-state index contributed by atoms with van der Waals surface area (Å²) in [5, 5.41) is 14.6. The average Bonchev–Trinajstić information content (AvgIpc) is 3.40. The minimum absolute atomic E-state index is 0.156. The molecule has 3 aromatic carbocycles. The van der Waals surface area contributed by atoms with Crippen LogP contribution in [0.4, 0.5) is 11.5 Å². The van der Waals surface area contributed by atoms with E-state index in [0.717, 1.165) is 40.9 Å². The third kappa shape index (κ3) is 4.98. The van der Waals surface area contributed by atoms with Crippen LogP contribution in [0.15, 0.2) is 79.1 Å². The van der Waals surface area contributed by atoms with Crippen molar-refractivity contribution in [1.82, 2.24) is 24.9 Å². The Morgan fingerprint density at radius 3 is 2.72 bits per heavy atom. The zero-order valence-electron chi connectivity index (χ0n) is 20.3. The summed E-state index contributed by atoms with van der Waals surface area (Å²) in [5.41, 5.74) is 4.64. The molecule has 2 N–H and O–H groups in total. The van der Waals surface area contributed by atoms with Crippen molar-refractivity contribution in [2.45, 2.75) is 32.7 Å². The van der Waals surface area contributed by atoms with Crippen molar-refractivity contribution in [2.75, 3.05) is 11.9 Å². The fourth-order valence-corrected chi connectivity index (χ4v) is 4.01. The summed E-state index contributed by atoms with van der Waals surface area (Å²) >= 11 is 0. The lowest BCUT2D eigenvalue weighted by Gasteiger charge is -2.16. The van der Waals surface area contributed by atoms with Gasteiger partial charge in [0.2, 0.25) is 5.65 Å². The first-order valence-electron chi connectivity index (χ1n) is 12.1. The standard InChI is InChI=1S/C28H28N6O2/c1-3-4-16-36-23-14-12-20(13-15-23)19(2)30-28(35)21-8-7-9-22(17-21)31-26-27-33-29-18-34(27)25-11-6-5-10-24(25)32-26/h5-15,17-19H,3-4,16H2,1-2H3,(H,30,35)(H,31,32). The molecule has 0 bridgehead atoms. The van der Waals surface area contributed by atoms with Crippen LogP contribution in [0.2, 0.25) is 0 Å². The molecule has 0 saturated carbocycles. The summed E-state index contributed by atoms with van der Waals surface area (Å²) in [6.45, 7) is 4.82. The number of unbranched alkanes of at least 4 members (excludes halogenated alkanes) is 1. The van der Waals surface area contributed by atoms with Crippen molar-refractivity contribution in [1.29, 1.82) is 0 Å². The number of carbonyl (C=O) groups excluding carboxylic acids is 1. The Balaban J connectivity index is 1.30. The van der Waals surface area contributed by atoms with Crippen molar-refractivity contribution in [2.24, 2.45) is 0 Å². The number of amides is 1. The fourth-order valence-electron chi connectivity index (χ4n) is 4.01. The van der Waals surface area contributed by atoms with Crippen LogP contribution >= 0.6 is 0 Å². The number of carbonyl (C=O) groups is 1. The maximum absolute atomic E-state index is 13.0. The molecule has 0 fully saturated rings. The van der Waals surface area contributed by atoms with Crippen molar-refractivity contribution in [3.63, 3.8) is 0 Å². The van der Waals surface area contributed by atoms with Gasteiger partial charge in [0.1, 0.15) is 12.1 Å². The highest BCUT2D eigenvalue weighted by molar-refractivity contribution is 5.95. The topological polar surface area (TPSA) is 93.4 Å². The summed E-state index contributed by atoms with van der Waals surface area (Å²) < 4.78 is 7.62. The first-order valence-corrected chi connectivity index (χ1v) is 12.1. The van der Waals surface area contributed by atoms with Crippen LogP contribution in [0, 0.1) is 0 Å². The molecule has 0 aliphatic rings. The van der Waals surface area contributed by atoms with Crippen LogP contribution in [-0.2, 0) is 0 Å². The number of hydrogen-bond acceptors (Lipinski definition) is 6. The predicted molar refractivity (Wildman–Crippen MR) is 141 cm³/mol. The van der Waals surface area contributed by atoms with E-state index in [1.54, 1.807) is 18.5 Å². The minimum atomic E-state index is -0.159. The van der Waals surface area contributed by atoms with E-state index in [4.69, 9.17) is 9.72 Å². The predicted octanol–water partition coefficient (Wildman–Crippen LogP) is 5.69. The van der Waals surface area contributed by atoms with E-state index in [9.17, 15) is 4.79 Å². The second-order valence-electron chi connectivity index (χ2n) is 8.65. The zero-order chi connectivity index (χ0) is 24.9. The molecule has 2 heterocycles. The van der Waals surface area contributed by atoms with E-state index in [1.807, 2.05) is 72.0 Å². The van der Waals surface area contributed by atoms with Gasteiger partial charge in [-0.15, -0.1) is 10.2 Å². The van der Waals surface area contributed by atoms with Gasteiger partial charge < -0.3 is 15.4 Å². The van der Waals surface area contributed by atoms with Gasteiger partial charge in [-0.05, 0) is 61.4 Å². The summed E-state index contributed by atoms with van der Waals surface area (Å²) in [7, 11) is 0. The third-order valence-corrected chi connectivity index (χ3v) is 6.01. The molecular weight excluding hydrogens is 452 g/mol. The summed E-state index contributed by atoms with van der Waals surface area (Å²) in [4.78, 5) is 17.7. The second-order valence-corrected chi connectivity index (χ2v) is 8.65. The third-order valence-electron chi connectivity index (χ3n) is 6.01. The summed E-state index contributed by atoms with van der Waals surface area (Å²) in [6.07, 6.45) is 3.80. The molecule has 0 aliphatic carbocycles. The molecule has 1 amide bonds. The smallest absolute Gasteiger partial charge is 0.251 e. The lowest BCUT2D eigenvalue weighted by Crippen LogP contribution is -2.26.